The van der Waals surface area contributed by atoms with Gasteiger partial charge in [0, 0.05) is 19.1 Å². The van der Waals surface area contributed by atoms with E-state index in [0.717, 1.165) is 38.1 Å². The Balaban J connectivity index is 2.69. The molecule has 0 aromatic carbocycles. The molecule has 0 fully saturated rings. The summed E-state index contributed by atoms with van der Waals surface area (Å²) in [6, 6.07) is 0.475. The average molecular weight is 269 g/mol. The summed E-state index contributed by atoms with van der Waals surface area (Å²) in [5.41, 5.74) is 0. The summed E-state index contributed by atoms with van der Waals surface area (Å²) in [7, 11) is 0. The first-order valence-corrected chi connectivity index (χ1v) is 7.36. The van der Waals surface area contributed by atoms with Gasteiger partial charge in [0.25, 0.3) is 0 Å². The van der Waals surface area contributed by atoms with Crippen molar-refractivity contribution in [3.63, 3.8) is 0 Å². The molecule has 110 valence electrons. The van der Waals surface area contributed by atoms with E-state index in [-0.39, 0.29) is 6.61 Å². The molecule has 0 atom stereocenters. The van der Waals surface area contributed by atoms with Crippen LogP contribution in [0.25, 0.3) is 0 Å². The van der Waals surface area contributed by atoms with Crippen LogP contribution in [0.4, 0.5) is 0 Å². The van der Waals surface area contributed by atoms with Crippen LogP contribution in [0.3, 0.4) is 0 Å². The molecule has 0 saturated carbocycles. The highest BCUT2D eigenvalue weighted by Gasteiger charge is 2.18. The highest BCUT2D eigenvalue weighted by atomic mass is 16.3. The van der Waals surface area contributed by atoms with Crippen LogP contribution in [-0.2, 0) is 13.1 Å². The molecule has 0 radical (unpaired) electrons. The lowest BCUT2D eigenvalue weighted by atomic mass is 10.1. The van der Waals surface area contributed by atoms with Gasteiger partial charge in [0.15, 0.2) is 5.82 Å². The van der Waals surface area contributed by atoms with Crippen molar-refractivity contribution in [3.05, 3.63) is 5.82 Å². The van der Waals surface area contributed by atoms with Gasteiger partial charge in [0.05, 0.1) is 13.2 Å². The Morgan fingerprint density at radius 3 is 2.58 bits per heavy atom. The third kappa shape index (κ3) is 4.87. The number of tetrazole rings is 1. The third-order valence-corrected chi connectivity index (χ3v) is 3.52. The lowest BCUT2D eigenvalue weighted by Crippen LogP contribution is -2.37. The van der Waals surface area contributed by atoms with Crippen molar-refractivity contribution < 1.29 is 5.11 Å². The summed E-state index contributed by atoms with van der Waals surface area (Å²) in [6.45, 7) is 8.95. The Labute approximate surface area is 115 Å². The van der Waals surface area contributed by atoms with E-state index < -0.39 is 0 Å². The van der Waals surface area contributed by atoms with E-state index in [4.69, 9.17) is 0 Å². The van der Waals surface area contributed by atoms with Gasteiger partial charge in [-0.2, -0.15) is 0 Å². The fourth-order valence-electron chi connectivity index (χ4n) is 2.32. The second-order valence-corrected chi connectivity index (χ2v) is 4.84. The molecule has 19 heavy (non-hydrogen) atoms. The number of unbranched alkanes of at least 4 members (excludes halogenated alkanes) is 1. The van der Waals surface area contributed by atoms with E-state index in [9.17, 15) is 5.11 Å². The predicted molar refractivity (Wildman–Crippen MR) is 74.6 cm³/mol. The minimum atomic E-state index is 0.174. The maximum atomic E-state index is 9.22. The molecular weight excluding hydrogens is 242 g/mol. The zero-order chi connectivity index (χ0) is 14.1. The second-order valence-electron chi connectivity index (χ2n) is 4.84. The number of nitrogens with zero attached hydrogens (tertiary/aromatic N) is 5. The maximum Gasteiger partial charge on any atom is 0.165 e. The summed E-state index contributed by atoms with van der Waals surface area (Å²) < 4.78 is 1.89. The molecule has 0 saturated heterocycles. The molecule has 6 heteroatoms. The quantitative estimate of drug-likeness (QED) is 0.696. The molecule has 0 bridgehead atoms. The highest BCUT2D eigenvalue weighted by Crippen LogP contribution is 2.12. The minimum absolute atomic E-state index is 0.174. The van der Waals surface area contributed by atoms with E-state index >= 15 is 0 Å². The lowest BCUT2D eigenvalue weighted by molar-refractivity contribution is 0.131. The van der Waals surface area contributed by atoms with Gasteiger partial charge in [-0.05, 0) is 29.7 Å². The zero-order valence-electron chi connectivity index (χ0n) is 12.4. The molecule has 1 aromatic rings. The molecule has 0 aliphatic heterocycles. The first-order chi connectivity index (χ1) is 9.26. The Hall–Kier alpha value is -1.01. The van der Waals surface area contributed by atoms with Gasteiger partial charge in [-0.1, -0.05) is 27.2 Å². The van der Waals surface area contributed by atoms with Crippen LogP contribution in [0, 0.1) is 0 Å². The molecule has 0 unspecified atom stereocenters. The first kappa shape index (κ1) is 16.0. The van der Waals surface area contributed by atoms with Gasteiger partial charge in [-0.25, -0.2) is 4.68 Å². The van der Waals surface area contributed by atoms with Crippen LogP contribution in [0.1, 0.15) is 52.3 Å². The average Bonchev–Trinajstić information content (AvgIpc) is 2.85. The summed E-state index contributed by atoms with van der Waals surface area (Å²) >= 11 is 0. The van der Waals surface area contributed by atoms with Gasteiger partial charge in [0.2, 0.25) is 0 Å². The van der Waals surface area contributed by atoms with Crippen molar-refractivity contribution in [2.45, 2.75) is 65.6 Å². The monoisotopic (exact) mass is 269 g/mol. The van der Waals surface area contributed by atoms with E-state index in [2.05, 4.69) is 41.2 Å². The van der Waals surface area contributed by atoms with Crippen LogP contribution in [0.15, 0.2) is 0 Å². The normalized spacial score (nSPS) is 11.7. The standard InChI is InChI=1S/C13H27N5O/c1-4-7-8-18-13(14-15-16-18)11-17(9-10-19)12(5-2)6-3/h12,19H,4-11H2,1-3H3. The number of hydrogen-bond acceptors (Lipinski definition) is 5. The van der Waals surface area contributed by atoms with Gasteiger partial charge >= 0.3 is 0 Å². The van der Waals surface area contributed by atoms with Crippen LogP contribution in [0.5, 0.6) is 0 Å². The third-order valence-electron chi connectivity index (χ3n) is 3.52. The SMILES string of the molecule is CCCCn1nnnc1CN(CCO)C(CC)CC. The predicted octanol–water partition coefficient (Wildman–Crippen LogP) is 1.46. The number of aromatic nitrogens is 4. The lowest BCUT2D eigenvalue weighted by Gasteiger charge is -2.29. The smallest absolute Gasteiger partial charge is 0.165 e. The molecule has 0 spiro atoms. The summed E-state index contributed by atoms with van der Waals surface area (Å²) in [5.74, 6) is 0.897. The maximum absolute atomic E-state index is 9.22. The Kier molecular flexibility index (Phi) is 7.59. The summed E-state index contributed by atoms with van der Waals surface area (Å²) in [4.78, 5) is 2.27. The number of aryl methyl sites for hydroxylation is 1. The molecule has 1 rings (SSSR count). The number of hydrogen-bond donors (Lipinski definition) is 1. The van der Waals surface area contributed by atoms with Crippen LogP contribution in [-0.4, -0.2) is 49.4 Å². The minimum Gasteiger partial charge on any atom is -0.395 e. The zero-order valence-corrected chi connectivity index (χ0v) is 12.4. The molecule has 6 nitrogen and oxygen atoms in total. The topological polar surface area (TPSA) is 67.1 Å². The fourth-order valence-corrected chi connectivity index (χ4v) is 2.32. The van der Waals surface area contributed by atoms with Gasteiger partial charge in [-0.15, -0.1) is 5.10 Å². The van der Waals surface area contributed by atoms with Gasteiger partial charge < -0.3 is 5.11 Å². The van der Waals surface area contributed by atoms with Gasteiger partial charge in [-0.3, -0.25) is 4.90 Å². The van der Waals surface area contributed by atoms with Crippen molar-refractivity contribution in [3.8, 4) is 0 Å². The van der Waals surface area contributed by atoms with E-state index in [0.29, 0.717) is 19.1 Å². The molecule has 1 aromatic heterocycles. The molecule has 0 aliphatic rings. The molecule has 1 heterocycles. The van der Waals surface area contributed by atoms with E-state index in [1.807, 2.05) is 4.68 Å². The number of aliphatic hydroxyl groups excluding tert-OH is 1. The second kappa shape index (κ2) is 8.98. The molecule has 0 aliphatic carbocycles. The van der Waals surface area contributed by atoms with E-state index in [1.54, 1.807) is 0 Å². The van der Waals surface area contributed by atoms with Gasteiger partial charge in [0.1, 0.15) is 0 Å². The summed E-state index contributed by atoms with van der Waals surface area (Å²) in [6.07, 6.45) is 4.37. The molecular formula is C13H27N5O. The first-order valence-electron chi connectivity index (χ1n) is 7.36. The highest BCUT2D eigenvalue weighted by molar-refractivity contribution is 4.83. The van der Waals surface area contributed by atoms with Crippen molar-refractivity contribution in [2.24, 2.45) is 0 Å². The number of rotatable bonds is 10. The molecule has 1 N–H and O–H groups in total. The Morgan fingerprint density at radius 2 is 2.00 bits per heavy atom. The number of aliphatic hydroxyl groups is 1. The van der Waals surface area contributed by atoms with Crippen LogP contribution < -0.4 is 0 Å². The fraction of sp³-hybridized carbons (Fsp3) is 0.923. The Morgan fingerprint density at radius 1 is 1.26 bits per heavy atom. The van der Waals surface area contributed by atoms with Crippen molar-refractivity contribution in [1.29, 1.82) is 0 Å². The van der Waals surface area contributed by atoms with Crippen molar-refractivity contribution in [2.75, 3.05) is 13.2 Å². The summed E-state index contributed by atoms with van der Waals surface area (Å²) in [5, 5.41) is 21.2. The van der Waals surface area contributed by atoms with Crippen molar-refractivity contribution in [1.82, 2.24) is 25.1 Å². The van der Waals surface area contributed by atoms with E-state index in [1.165, 1.54) is 0 Å². The van der Waals surface area contributed by atoms with Crippen LogP contribution in [0.2, 0.25) is 0 Å². The van der Waals surface area contributed by atoms with Crippen molar-refractivity contribution >= 4 is 0 Å². The van der Waals surface area contributed by atoms with Crippen LogP contribution >= 0.6 is 0 Å². The molecule has 0 amide bonds. The largest absolute Gasteiger partial charge is 0.395 e. The Bertz CT molecular complexity index is 338.